The van der Waals surface area contributed by atoms with E-state index in [0.717, 1.165) is 25.7 Å². The molecule has 1 fully saturated rings. The fourth-order valence-electron chi connectivity index (χ4n) is 2.88. The zero-order valence-electron chi connectivity index (χ0n) is 11.9. The van der Waals surface area contributed by atoms with Crippen molar-refractivity contribution < 1.29 is 8.42 Å². The molecular weight excluding hydrogens is 272 g/mol. The van der Waals surface area contributed by atoms with Crippen LogP contribution in [-0.4, -0.2) is 14.5 Å². The van der Waals surface area contributed by atoms with Crippen molar-refractivity contribution in [3.05, 3.63) is 29.8 Å². The molecule has 1 aliphatic carbocycles. The van der Waals surface area contributed by atoms with Gasteiger partial charge in [-0.15, -0.1) is 0 Å². The van der Waals surface area contributed by atoms with E-state index in [1.165, 1.54) is 12.1 Å². The largest absolute Gasteiger partial charge is 0.242 e. The minimum absolute atomic E-state index is 0.0458. The van der Waals surface area contributed by atoms with Crippen molar-refractivity contribution in [1.29, 1.82) is 5.26 Å². The maximum Gasteiger partial charge on any atom is 0.242 e. The molecule has 1 saturated carbocycles. The van der Waals surface area contributed by atoms with Crippen molar-refractivity contribution in [2.75, 3.05) is 0 Å². The monoisotopic (exact) mass is 292 g/mol. The number of sulfonamides is 1. The van der Waals surface area contributed by atoms with E-state index in [1.54, 1.807) is 12.1 Å². The maximum atomic E-state index is 12.4. The summed E-state index contributed by atoms with van der Waals surface area (Å²) in [5.74, 6) is 0. The molecule has 0 aromatic heterocycles. The van der Waals surface area contributed by atoms with Crippen LogP contribution in [0.4, 0.5) is 0 Å². The first kappa shape index (κ1) is 15.0. The summed E-state index contributed by atoms with van der Waals surface area (Å²) in [7, 11) is -3.63. The Bertz CT molecular complexity index is 630. The van der Waals surface area contributed by atoms with Gasteiger partial charge in [0.05, 0.1) is 10.5 Å². The van der Waals surface area contributed by atoms with E-state index in [2.05, 4.69) is 18.6 Å². The van der Waals surface area contributed by atoms with Gasteiger partial charge < -0.3 is 0 Å². The van der Waals surface area contributed by atoms with Crippen LogP contribution in [0.2, 0.25) is 0 Å². The standard InChI is InChI=1S/C15H20N2O2S/c1-15(2)9-5-7-13(10-15)17-20(18,19)14-8-4-3-6-12(14)11-16/h3-4,6,8,13,17H,5,7,9-10H2,1-2H3. The smallest absolute Gasteiger partial charge is 0.208 e. The minimum Gasteiger partial charge on any atom is -0.208 e. The van der Waals surface area contributed by atoms with Gasteiger partial charge in [0, 0.05) is 6.04 Å². The summed E-state index contributed by atoms with van der Waals surface area (Å²) in [4.78, 5) is 0.0749. The molecule has 1 aliphatic rings. The van der Waals surface area contributed by atoms with Crippen LogP contribution in [0.25, 0.3) is 0 Å². The Morgan fingerprint density at radius 1 is 1.35 bits per heavy atom. The fourth-order valence-corrected chi connectivity index (χ4v) is 4.30. The van der Waals surface area contributed by atoms with Gasteiger partial charge in [-0.2, -0.15) is 5.26 Å². The Morgan fingerprint density at radius 2 is 2.05 bits per heavy atom. The second kappa shape index (κ2) is 5.55. The van der Waals surface area contributed by atoms with Crippen molar-refractivity contribution in [3.63, 3.8) is 0 Å². The molecule has 0 amide bonds. The van der Waals surface area contributed by atoms with E-state index in [9.17, 15) is 8.42 Å². The number of hydrogen-bond acceptors (Lipinski definition) is 3. The summed E-state index contributed by atoms with van der Waals surface area (Å²) < 4.78 is 27.6. The normalized spacial score (nSPS) is 22.1. The van der Waals surface area contributed by atoms with Gasteiger partial charge in [0.15, 0.2) is 0 Å². The number of nitrogens with zero attached hydrogens (tertiary/aromatic N) is 1. The molecule has 2 rings (SSSR count). The molecule has 4 nitrogen and oxygen atoms in total. The Balaban J connectivity index is 2.22. The van der Waals surface area contributed by atoms with Crippen LogP contribution in [0.1, 0.15) is 45.1 Å². The molecule has 20 heavy (non-hydrogen) atoms. The van der Waals surface area contributed by atoms with Crippen LogP contribution >= 0.6 is 0 Å². The van der Waals surface area contributed by atoms with E-state index in [-0.39, 0.29) is 21.9 Å². The molecule has 1 aromatic carbocycles. The van der Waals surface area contributed by atoms with Crippen molar-refractivity contribution in [2.45, 2.75) is 50.5 Å². The van der Waals surface area contributed by atoms with Crippen LogP contribution in [0.3, 0.4) is 0 Å². The van der Waals surface area contributed by atoms with Crippen LogP contribution < -0.4 is 4.72 Å². The molecule has 1 N–H and O–H groups in total. The second-order valence-corrected chi connectivity index (χ2v) is 7.87. The first-order valence-electron chi connectivity index (χ1n) is 6.85. The number of hydrogen-bond donors (Lipinski definition) is 1. The van der Waals surface area contributed by atoms with Crippen LogP contribution in [0.5, 0.6) is 0 Å². The third-order valence-corrected chi connectivity index (χ3v) is 5.40. The summed E-state index contributed by atoms with van der Waals surface area (Å²) in [6, 6.07) is 8.21. The number of rotatable bonds is 3. The third-order valence-electron chi connectivity index (χ3n) is 3.82. The zero-order chi connectivity index (χ0) is 14.8. The SMILES string of the molecule is CC1(C)CCCC(NS(=O)(=O)c2ccccc2C#N)C1. The van der Waals surface area contributed by atoms with E-state index in [4.69, 9.17) is 5.26 Å². The number of nitriles is 1. The van der Waals surface area contributed by atoms with Gasteiger partial charge in [-0.3, -0.25) is 0 Å². The third kappa shape index (κ3) is 3.38. The predicted octanol–water partition coefficient (Wildman–Crippen LogP) is 2.81. The predicted molar refractivity (Wildman–Crippen MR) is 77.5 cm³/mol. The van der Waals surface area contributed by atoms with Gasteiger partial charge in [0.25, 0.3) is 0 Å². The van der Waals surface area contributed by atoms with E-state index >= 15 is 0 Å². The quantitative estimate of drug-likeness (QED) is 0.931. The average molecular weight is 292 g/mol. The molecule has 0 radical (unpaired) electrons. The molecule has 5 heteroatoms. The molecule has 0 spiro atoms. The summed E-state index contributed by atoms with van der Waals surface area (Å²) >= 11 is 0. The summed E-state index contributed by atoms with van der Waals surface area (Å²) in [5, 5.41) is 9.03. The molecule has 0 heterocycles. The van der Waals surface area contributed by atoms with Crippen molar-refractivity contribution in [3.8, 4) is 6.07 Å². The van der Waals surface area contributed by atoms with Gasteiger partial charge >= 0.3 is 0 Å². The highest BCUT2D eigenvalue weighted by Crippen LogP contribution is 2.35. The Hall–Kier alpha value is -1.38. The Morgan fingerprint density at radius 3 is 2.70 bits per heavy atom. The second-order valence-electron chi connectivity index (χ2n) is 6.19. The maximum absolute atomic E-state index is 12.4. The first-order valence-corrected chi connectivity index (χ1v) is 8.34. The number of nitrogens with one attached hydrogen (secondary N) is 1. The van der Waals surface area contributed by atoms with Gasteiger partial charge in [0.2, 0.25) is 10.0 Å². The highest BCUT2D eigenvalue weighted by Gasteiger charge is 2.31. The molecular formula is C15H20N2O2S. The lowest BCUT2D eigenvalue weighted by Crippen LogP contribution is -2.40. The van der Waals surface area contributed by atoms with E-state index in [0.29, 0.717) is 0 Å². The molecule has 0 aliphatic heterocycles. The van der Waals surface area contributed by atoms with Crippen molar-refractivity contribution in [1.82, 2.24) is 4.72 Å². The van der Waals surface area contributed by atoms with Gasteiger partial charge in [-0.1, -0.05) is 32.4 Å². The molecule has 1 unspecified atom stereocenters. The lowest BCUT2D eigenvalue weighted by molar-refractivity contribution is 0.212. The summed E-state index contributed by atoms with van der Waals surface area (Å²) in [6.45, 7) is 4.33. The highest BCUT2D eigenvalue weighted by atomic mass is 32.2. The molecule has 1 atom stereocenters. The van der Waals surface area contributed by atoms with Crippen LogP contribution in [0, 0.1) is 16.7 Å². The zero-order valence-corrected chi connectivity index (χ0v) is 12.7. The lowest BCUT2D eigenvalue weighted by atomic mass is 9.75. The topological polar surface area (TPSA) is 70.0 Å². The van der Waals surface area contributed by atoms with E-state index in [1.807, 2.05) is 6.07 Å². The summed E-state index contributed by atoms with van der Waals surface area (Å²) in [5.41, 5.74) is 0.357. The van der Waals surface area contributed by atoms with Gasteiger partial charge in [-0.05, 0) is 36.8 Å². The summed E-state index contributed by atoms with van der Waals surface area (Å²) in [6.07, 6.45) is 3.85. The number of benzene rings is 1. The molecule has 108 valence electrons. The van der Waals surface area contributed by atoms with Crippen LogP contribution in [-0.2, 0) is 10.0 Å². The first-order chi connectivity index (χ1) is 9.34. The Labute approximate surface area is 120 Å². The molecule has 0 saturated heterocycles. The Kier molecular flexibility index (Phi) is 4.17. The van der Waals surface area contributed by atoms with E-state index < -0.39 is 10.0 Å². The van der Waals surface area contributed by atoms with Gasteiger partial charge in [-0.25, -0.2) is 13.1 Å². The van der Waals surface area contributed by atoms with Gasteiger partial charge in [0.1, 0.15) is 6.07 Å². The lowest BCUT2D eigenvalue weighted by Gasteiger charge is -2.35. The highest BCUT2D eigenvalue weighted by molar-refractivity contribution is 7.89. The van der Waals surface area contributed by atoms with Crippen molar-refractivity contribution in [2.24, 2.45) is 5.41 Å². The molecule has 1 aromatic rings. The average Bonchev–Trinajstić information content (AvgIpc) is 2.37. The van der Waals surface area contributed by atoms with Crippen molar-refractivity contribution >= 4 is 10.0 Å². The molecule has 0 bridgehead atoms. The van der Waals surface area contributed by atoms with Crippen LogP contribution in [0.15, 0.2) is 29.2 Å². The fraction of sp³-hybridized carbons (Fsp3) is 0.533. The minimum atomic E-state index is -3.63.